The summed E-state index contributed by atoms with van der Waals surface area (Å²) in [7, 11) is 0. The van der Waals surface area contributed by atoms with E-state index in [0.717, 1.165) is 28.1 Å². The second kappa shape index (κ2) is 12.3. The second-order valence-corrected chi connectivity index (χ2v) is 10.4. The van der Waals surface area contributed by atoms with Crippen LogP contribution in [0.3, 0.4) is 0 Å². The molecule has 0 radical (unpaired) electrons. The van der Waals surface area contributed by atoms with Crippen molar-refractivity contribution in [2.24, 2.45) is 0 Å². The van der Waals surface area contributed by atoms with Crippen molar-refractivity contribution in [1.29, 1.82) is 0 Å². The molecule has 0 unspecified atom stereocenters. The number of carbonyl (C=O) groups excluding carboxylic acids is 3. The number of aryl methyl sites for hydroxylation is 1. The van der Waals surface area contributed by atoms with Gasteiger partial charge in [-0.05, 0) is 71.6 Å². The molecular weight excluding hydrogens is 548 g/mol. The van der Waals surface area contributed by atoms with Gasteiger partial charge in [0, 0.05) is 16.1 Å². The Morgan fingerprint density at radius 1 is 0.975 bits per heavy atom. The van der Waals surface area contributed by atoms with Crippen LogP contribution in [0.5, 0.6) is 11.5 Å². The van der Waals surface area contributed by atoms with E-state index in [-0.39, 0.29) is 36.8 Å². The van der Waals surface area contributed by atoms with E-state index in [2.05, 4.69) is 5.32 Å². The lowest BCUT2D eigenvalue weighted by Gasteiger charge is -2.14. The Kier molecular flexibility index (Phi) is 8.38. The van der Waals surface area contributed by atoms with Crippen LogP contribution < -0.4 is 14.8 Å². The van der Waals surface area contributed by atoms with Crippen molar-refractivity contribution < 1.29 is 23.9 Å². The largest absolute Gasteiger partial charge is 0.491 e. The summed E-state index contributed by atoms with van der Waals surface area (Å²) in [5.41, 5.74) is 2.16. The molecule has 0 saturated carbocycles. The lowest BCUT2D eigenvalue weighted by atomic mass is 10.1. The molecule has 9 heteroatoms. The zero-order valence-corrected chi connectivity index (χ0v) is 23.1. The van der Waals surface area contributed by atoms with Crippen molar-refractivity contribution >= 4 is 63.0 Å². The molecule has 1 aliphatic heterocycles. The monoisotopic (exact) mass is 572 g/mol. The fourth-order valence-electron chi connectivity index (χ4n) is 4.12. The number of hydrogen-bond acceptors (Lipinski definition) is 6. The van der Waals surface area contributed by atoms with Crippen LogP contribution in [0.1, 0.15) is 11.1 Å². The third-order valence-corrected chi connectivity index (χ3v) is 7.49. The molecule has 7 nitrogen and oxygen atoms in total. The van der Waals surface area contributed by atoms with E-state index in [1.807, 2.05) is 55.5 Å². The molecule has 202 valence electrons. The van der Waals surface area contributed by atoms with E-state index in [4.69, 9.17) is 21.1 Å². The minimum atomic E-state index is -0.376. The molecule has 0 aliphatic carbocycles. The molecule has 1 N–H and O–H groups in total. The summed E-state index contributed by atoms with van der Waals surface area (Å²) in [6, 6.07) is 25.9. The first-order valence-electron chi connectivity index (χ1n) is 12.5. The van der Waals surface area contributed by atoms with Crippen LogP contribution in [-0.2, 0) is 9.59 Å². The Bertz CT molecular complexity index is 1630. The third kappa shape index (κ3) is 6.47. The van der Waals surface area contributed by atoms with E-state index in [9.17, 15) is 14.4 Å². The number of nitrogens with one attached hydrogen (secondary N) is 1. The number of halogens is 1. The Morgan fingerprint density at radius 3 is 2.62 bits per heavy atom. The zero-order chi connectivity index (χ0) is 28.1. The van der Waals surface area contributed by atoms with Crippen molar-refractivity contribution in [2.75, 3.05) is 25.1 Å². The minimum absolute atomic E-state index is 0.135. The topological polar surface area (TPSA) is 84.9 Å². The Morgan fingerprint density at radius 2 is 1.77 bits per heavy atom. The number of ether oxygens (including phenoxy) is 2. The molecule has 0 spiro atoms. The molecule has 3 amide bonds. The van der Waals surface area contributed by atoms with Gasteiger partial charge in [0.1, 0.15) is 18.1 Å². The molecule has 4 aromatic rings. The summed E-state index contributed by atoms with van der Waals surface area (Å²) in [4.78, 5) is 39.3. The number of thioether (sulfide) groups is 1. The molecule has 1 saturated heterocycles. The standard InChI is InChI=1S/C31H25ClN2O5S/c1-20-12-13-23(18-26(20)32)33-29(35)19-39-24-9-4-6-21(16-24)17-28-30(36)34(31(37)40-28)14-15-38-27-11-5-8-22-7-2-3-10-25(22)27/h2-13,16-18H,14-15,19H2,1H3,(H,33,35)/b28-17-. The average molecular weight is 573 g/mol. The van der Waals surface area contributed by atoms with E-state index in [1.54, 1.807) is 42.5 Å². The number of fused-ring (bicyclic) bond motifs is 1. The minimum Gasteiger partial charge on any atom is -0.491 e. The number of imide groups is 1. The van der Waals surface area contributed by atoms with E-state index in [1.165, 1.54) is 4.90 Å². The average Bonchev–Trinajstić information content (AvgIpc) is 3.21. The predicted octanol–water partition coefficient (Wildman–Crippen LogP) is 6.93. The number of carbonyl (C=O) groups is 3. The van der Waals surface area contributed by atoms with Crippen LogP contribution in [0.15, 0.2) is 89.8 Å². The fourth-order valence-corrected chi connectivity index (χ4v) is 5.17. The first kappa shape index (κ1) is 27.3. The van der Waals surface area contributed by atoms with Gasteiger partial charge in [-0.25, -0.2) is 0 Å². The molecule has 1 aliphatic rings. The molecular formula is C31H25ClN2O5S. The number of nitrogens with zero attached hydrogens (tertiary/aromatic N) is 1. The molecule has 1 heterocycles. The highest BCUT2D eigenvalue weighted by Crippen LogP contribution is 2.33. The van der Waals surface area contributed by atoms with Gasteiger partial charge in [-0.15, -0.1) is 0 Å². The molecule has 0 aromatic heterocycles. The van der Waals surface area contributed by atoms with E-state index in [0.29, 0.717) is 32.7 Å². The van der Waals surface area contributed by atoms with Crippen molar-refractivity contribution in [1.82, 2.24) is 4.90 Å². The molecule has 1 fully saturated rings. The van der Waals surface area contributed by atoms with Crippen LogP contribution in [-0.4, -0.2) is 41.7 Å². The highest BCUT2D eigenvalue weighted by atomic mass is 35.5. The maximum Gasteiger partial charge on any atom is 0.293 e. The first-order chi connectivity index (χ1) is 19.4. The lowest BCUT2D eigenvalue weighted by molar-refractivity contribution is -0.123. The molecule has 40 heavy (non-hydrogen) atoms. The quantitative estimate of drug-likeness (QED) is 0.219. The van der Waals surface area contributed by atoms with Gasteiger partial charge in [0.2, 0.25) is 0 Å². The molecule has 5 rings (SSSR count). The number of benzene rings is 4. The highest BCUT2D eigenvalue weighted by Gasteiger charge is 2.34. The Balaban J connectivity index is 1.17. The van der Waals surface area contributed by atoms with Gasteiger partial charge in [0.25, 0.3) is 17.1 Å². The summed E-state index contributed by atoms with van der Waals surface area (Å²) in [6.07, 6.45) is 1.64. The summed E-state index contributed by atoms with van der Waals surface area (Å²) in [6.45, 7) is 1.99. The third-order valence-electron chi connectivity index (χ3n) is 6.18. The maximum atomic E-state index is 13.0. The molecule has 0 bridgehead atoms. The van der Waals surface area contributed by atoms with Gasteiger partial charge >= 0.3 is 0 Å². The van der Waals surface area contributed by atoms with Crippen LogP contribution in [0.4, 0.5) is 10.5 Å². The van der Waals surface area contributed by atoms with Gasteiger partial charge in [0.15, 0.2) is 6.61 Å². The number of rotatable bonds is 9. The van der Waals surface area contributed by atoms with Crippen LogP contribution in [0, 0.1) is 6.92 Å². The van der Waals surface area contributed by atoms with Gasteiger partial charge in [0.05, 0.1) is 11.4 Å². The summed E-state index contributed by atoms with van der Waals surface area (Å²) < 4.78 is 11.5. The van der Waals surface area contributed by atoms with Gasteiger partial charge in [-0.1, -0.05) is 66.2 Å². The molecule has 0 atom stereocenters. The summed E-state index contributed by atoms with van der Waals surface area (Å²) >= 11 is 6.99. The van der Waals surface area contributed by atoms with Gasteiger partial charge in [-0.3, -0.25) is 19.3 Å². The van der Waals surface area contributed by atoms with Crippen molar-refractivity contribution in [3.8, 4) is 11.5 Å². The Labute approximate surface area is 240 Å². The Hall–Kier alpha value is -4.27. The van der Waals surface area contributed by atoms with E-state index >= 15 is 0 Å². The number of anilines is 1. The number of hydrogen-bond donors (Lipinski definition) is 1. The van der Waals surface area contributed by atoms with Gasteiger partial charge in [-0.2, -0.15) is 0 Å². The smallest absolute Gasteiger partial charge is 0.293 e. The van der Waals surface area contributed by atoms with Gasteiger partial charge < -0.3 is 14.8 Å². The maximum absolute atomic E-state index is 13.0. The fraction of sp³-hybridized carbons (Fsp3) is 0.129. The zero-order valence-electron chi connectivity index (χ0n) is 21.6. The predicted molar refractivity (Wildman–Crippen MR) is 159 cm³/mol. The molecule has 4 aromatic carbocycles. The van der Waals surface area contributed by atoms with E-state index < -0.39 is 0 Å². The van der Waals surface area contributed by atoms with Crippen LogP contribution >= 0.6 is 23.4 Å². The van der Waals surface area contributed by atoms with Crippen molar-refractivity contribution in [3.63, 3.8) is 0 Å². The normalized spacial score (nSPS) is 14.2. The first-order valence-corrected chi connectivity index (χ1v) is 13.7. The summed E-state index contributed by atoms with van der Waals surface area (Å²) in [5.74, 6) is 0.443. The lowest BCUT2D eigenvalue weighted by Crippen LogP contribution is -2.32. The number of amides is 3. The van der Waals surface area contributed by atoms with Crippen molar-refractivity contribution in [2.45, 2.75) is 6.92 Å². The van der Waals surface area contributed by atoms with Crippen LogP contribution in [0.25, 0.3) is 16.8 Å². The summed E-state index contributed by atoms with van der Waals surface area (Å²) in [5, 5.41) is 4.98. The van der Waals surface area contributed by atoms with Crippen molar-refractivity contribution in [3.05, 3.63) is 106 Å². The SMILES string of the molecule is Cc1ccc(NC(=O)COc2cccc(/C=C3\SC(=O)N(CCOc4cccc5ccccc45)C3=O)c2)cc1Cl. The highest BCUT2D eigenvalue weighted by molar-refractivity contribution is 8.18. The van der Waals surface area contributed by atoms with Crippen LogP contribution in [0.2, 0.25) is 5.02 Å². The second-order valence-electron chi connectivity index (χ2n) is 9.03.